The molecule has 2 aromatic rings. The van der Waals surface area contributed by atoms with Crippen LogP contribution in [-0.2, 0) is 10.0 Å². The highest BCUT2D eigenvalue weighted by molar-refractivity contribution is 7.89. The van der Waals surface area contributed by atoms with Gasteiger partial charge in [-0.1, -0.05) is 32.0 Å². The lowest BCUT2D eigenvalue weighted by Crippen LogP contribution is -2.30. The van der Waals surface area contributed by atoms with E-state index in [0.29, 0.717) is 30.1 Å². The number of nitrogens with zero attached hydrogens (tertiary/aromatic N) is 1. The average molecular weight is 405 g/mol. The minimum atomic E-state index is -3.65. The van der Waals surface area contributed by atoms with Crippen molar-refractivity contribution in [2.75, 3.05) is 18.4 Å². The first-order valence-corrected chi connectivity index (χ1v) is 10.8. The maximum absolute atomic E-state index is 12.9. The number of aryl methyl sites for hydroxylation is 1. The SMILES string of the molecule is CCN(CC)S(=O)(=O)c1ccc(OC(C)C)c(NC(=O)c2ccccc2C)c1. The van der Waals surface area contributed by atoms with Gasteiger partial charge in [-0.15, -0.1) is 0 Å². The second-order valence-corrected chi connectivity index (χ2v) is 8.62. The fourth-order valence-corrected chi connectivity index (χ4v) is 4.34. The number of carbonyl (C=O) groups excluding carboxylic acids is 1. The molecule has 0 spiro atoms. The van der Waals surface area contributed by atoms with E-state index in [1.54, 1.807) is 32.0 Å². The van der Waals surface area contributed by atoms with Gasteiger partial charge in [-0.25, -0.2) is 8.42 Å². The zero-order valence-corrected chi connectivity index (χ0v) is 17.8. The highest BCUT2D eigenvalue weighted by atomic mass is 32.2. The number of hydrogen-bond acceptors (Lipinski definition) is 4. The van der Waals surface area contributed by atoms with Gasteiger partial charge in [0, 0.05) is 18.7 Å². The first-order valence-electron chi connectivity index (χ1n) is 9.38. The van der Waals surface area contributed by atoms with Crippen molar-refractivity contribution in [2.45, 2.75) is 45.6 Å². The second-order valence-electron chi connectivity index (χ2n) is 6.68. The van der Waals surface area contributed by atoms with Crippen molar-refractivity contribution in [1.29, 1.82) is 0 Å². The van der Waals surface area contributed by atoms with E-state index >= 15 is 0 Å². The number of sulfonamides is 1. The molecule has 0 aliphatic rings. The Bertz CT molecular complexity index is 935. The Balaban J connectivity index is 2.47. The van der Waals surface area contributed by atoms with Crippen molar-refractivity contribution in [2.24, 2.45) is 0 Å². The Morgan fingerprint density at radius 2 is 1.75 bits per heavy atom. The Hall–Kier alpha value is -2.38. The molecule has 0 atom stereocenters. The summed E-state index contributed by atoms with van der Waals surface area (Å²) in [7, 11) is -3.65. The number of hydrogen-bond donors (Lipinski definition) is 1. The van der Waals surface area contributed by atoms with Crippen molar-refractivity contribution in [3.63, 3.8) is 0 Å². The quantitative estimate of drug-likeness (QED) is 0.720. The average Bonchev–Trinajstić information content (AvgIpc) is 2.63. The standard InChI is InChI=1S/C21H28N2O4S/c1-6-23(7-2)28(25,26)17-12-13-20(27-15(3)4)19(14-17)22-21(24)18-11-9-8-10-16(18)5/h8-15H,6-7H2,1-5H3,(H,22,24). The van der Waals surface area contributed by atoms with E-state index in [0.717, 1.165) is 5.56 Å². The third-order valence-electron chi connectivity index (χ3n) is 4.29. The summed E-state index contributed by atoms with van der Waals surface area (Å²) in [5.74, 6) is 0.111. The third kappa shape index (κ3) is 4.91. The molecular formula is C21H28N2O4S. The van der Waals surface area contributed by atoms with E-state index in [-0.39, 0.29) is 16.9 Å². The molecule has 0 aliphatic heterocycles. The van der Waals surface area contributed by atoms with Gasteiger partial charge in [-0.05, 0) is 50.6 Å². The molecule has 0 fully saturated rings. The summed E-state index contributed by atoms with van der Waals surface area (Å²) in [6.45, 7) is 9.90. The van der Waals surface area contributed by atoms with Crippen LogP contribution in [0.3, 0.4) is 0 Å². The van der Waals surface area contributed by atoms with Crippen LogP contribution in [0.1, 0.15) is 43.6 Å². The molecule has 0 aliphatic carbocycles. The molecule has 0 saturated heterocycles. The monoisotopic (exact) mass is 404 g/mol. The molecule has 0 bridgehead atoms. The second kappa shape index (κ2) is 9.21. The van der Waals surface area contributed by atoms with Gasteiger partial charge in [0.2, 0.25) is 10.0 Å². The highest BCUT2D eigenvalue weighted by Crippen LogP contribution is 2.30. The van der Waals surface area contributed by atoms with Crippen molar-refractivity contribution in [3.05, 3.63) is 53.6 Å². The highest BCUT2D eigenvalue weighted by Gasteiger charge is 2.24. The van der Waals surface area contributed by atoms with Crippen LogP contribution in [0, 0.1) is 6.92 Å². The van der Waals surface area contributed by atoms with E-state index in [9.17, 15) is 13.2 Å². The number of rotatable bonds is 8. The summed E-state index contributed by atoms with van der Waals surface area (Å²) in [5, 5.41) is 2.81. The summed E-state index contributed by atoms with van der Waals surface area (Å²) in [6.07, 6.45) is -0.126. The summed E-state index contributed by atoms with van der Waals surface area (Å²) in [5.41, 5.74) is 1.68. The Morgan fingerprint density at radius 1 is 1.11 bits per heavy atom. The minimum absolute atomic E-state index is 0.118. The van der Waals surface area contributed by atoms with Crippen LogP contribution in [-0.4, -0.2) is 37.8 Å². The van der Waals surface area contributed by atoms with Crippen LogP contribution in [0.4, 0.5) is 5.69 Å². The van der Waals surface area contributed by atoms with Crippen LogP contribution in [0.5, 0.6) is 5.75 Å². The van der Waals surface area contributed by atoms with Gasteiger partial charge in [-0.3, -0.25) is 4.79 Å². The molecule has 6 nitrogen and oxygen atoms in total. The molecule has 0 unspecified atom stereocenters. The van der Waals surface area contributed by atoms with E-state index < -0.39 is 10.0 Å². The Morgan fingerprint density at radius 3 is 2.32 bits per heavy atom. The van der Waals surface area contributed by atoms with Gasteiger partial charge in [0.15, 0.2) is 0 Å². The largest absolute Gasteiger partial charge is 0.489 e. The number of ether oxygens (including phenoxy) is 1. The number of carbonyl (C=O) groups is 1. The smallest absolute Gasteiger partial charge is 0.256 e. The van der Waals surface area contributed by atoms with Crippen molar-refractivity contribution < 1.29 is 17.9 Å². The molecule has 1 amide bonds. The van der Waals surface area contributed by atoms with Gasteiger partial charge in [0.1, 0.15) is 5.75 Å². The summed E-state index contributed by atoms with van der Waals surface area (Å²) in [4.78, 5) is 12.9. The van der Waals surface area contributed by atoms with E-state index in [1.165, 1.54) is 16.4 Å². The number of amides is 1. The Kier molecular flexibility index (Phi) is 7.21. The molecular weight excluding hydrogens is 376 g/mol. The molecule has 7 heteroatoms. The van der Waals surface area contributed by atoms with Crippen LogP contribution >= 0.6 is 0 Å². The summed E-state index contributed by atoms with van der Waals surface area (Å²) >= 11 is 0. The van der Waals surface area contributed by atoms with Crippen LogP contribution < -0.4 is 10.1 Å². The molecule has 2 rings (SSSR count). The predicted octanol–water partition coefficient (Wildman–Crippen LogP) is 4.07. The Labute approximate surface area is 167 Å². The van der Waals surface area contributed by atoms with Gasteiger partial charge in [0.25, 0.3) is 5.91 Å². The van der Waals surface area contributed by atoms with Crippen molar-refractivity contribution in [3.8, 4) is 5.75 Å². The van der Waals surface area contributed by atoms with Crippen molar-refractivity contribution in [1.82, 2.24) is 4.31 Å². The van der Waals surface area contributed by atoms with E-state index in [1.807, 2.05) is 32.9 Å². The third-order valence-corrected chi connectivity index (χ3v) is 6.34. The maximum atomic E-state index is 12.9. The number of nitrogens with one attached hydrogen (secondary N) is 1. The molecule has 0 saturated carbocycles. The van der Waals surface area contributed by atoms with Gasteiger partial charge in [-0.2, -0.15) is 4.31 Å². The fourth-order valence-electron chi connectivity index (χ4n) is 2.85. The number of benzene rings is 2. The van der Waals surface area contributed by atoms with Crippen LogP contribution in [0.2, 0.25) is 0 Å². The van der Waals surface area contributed by atoms with E-state index in [2.05, 4.69) is 5.32 Å². The fraction of sp³-hybridized carbons (Fsp3) is 0.381. The first kappa shape index (κ1) is 21.9. The zero-order valence-electron chi connectivity index (χ0n) is 17.0. The molecule has 0 heterocycles. The lowest BCUT2D eigenvalue weighted by molar-refractivity contribution is 0.102. The summed E-state index contributed by atoms with van der Waals surface area (Å²) in [6, 6.07) is 11.8. The molecule has 1 N–H and O–H groups in total. The summed E-state index contributed by atoms with van der Waals surface area (Å²) < 4.78 is 32.9. The predicted molar refractivity (Wildman–Crippen MR) is 111 cm³/mol. The van der Waals surface area contributed by atoms with Gasteiger partial charge < -0.3 is 10.1 Å². The maximum Gasteiger partial charge on any atom is 0.256 e. The first-order chi connectivity index (χ1) is 13.2. The lowest BCUT2D eigenvalue weighted by Gasteiger charge is -2.21. The minimum Gasteiger partial charge on any atom is -0.489 e. The van der Waals surface area contributed by atoms with Crippen LogP contribution in [0.15, 0.2) is 47.4 Å². The molecule has 152 valence electrons. The zero-order chi connectivity index (χ0) is 20.9. The molecule has 0 radical (unpaired) electrons. The molecule has 28 heavy (non-hydrogen) atoms. The molecule has 2 aromatic carbocycles. The van der Waals surface area contributed by atoms with Crippen LogP contribution in [0.25, 0.3) is 0 Å². The normalized spacial score (nSPS) is 11.7. The van der Waals surface area contributed by atoms with E-state index in [4.69, 9.17) is 4.74 Å². The van der Waals surface area contributed by atoms with Crippen molar-refractivity contribution >= 4 is 21.6 Å². The lowest BCUT2D eigenvalue weighted by atomic mass is 10.1. The topological polar surface area (TPSA) is 75.7 Å². The molecule has 0 aromatic heterocycles. The van der Waals surface area contributed by atoms with Gasteiger partial charge in [0.05, 0.1) is 16.7 Å². The van der Waals surface area contributed by atoms with Gasteiger partial charge >= 0.3 is 0 Å². The number of anilines is 1.